The molecule has 0 aromatic heterocycles. The van der Waals surface area contributed by atoms with Gasteiger partial charge in [0.05, 0.1) is 27.4 Å². The Bertz CT molecular complexity index is 630. The van der Waals surface area contributed by atoms with Crippen molar-refractivity contribution in [3.05, 3.63) is 53.6 Å². The molecule has 23 heavy (non-hydrogen) atoms. The Hall–Kier alpha value is -2.24. The van der Waals surface area contributed by atoms with Crippen LogP contribution in [-0.2, 0) is 6.54 Å². The molecule has 1 unspecified atom stereocenters. The minimum Gasteiger partial charge on any atom is -0.497 e. The second-order valence-electron chi connectivity index (χ2n) is 5.11. The SMILES string of the molecule is COc1cccc(CNCC(O)c2ccc(OC)c(OC)c2)c1. The van der Waals surface area contributed by atoms with E-state index in [-0.39, 0.29) is 0 Å². The van der Waals surface area contributed by atoms with Crippen LogP contribution in [0.4, 0.5) is 0 Å². The van der Waals surface area contributed by atoms with Gasteiger partial charge in [0.25, 0.3) is 0 Å². The van der Waals surface area contributed by atoms with E-state index >= 15 is 0 Å². The molecule has 0 fully saturated rings. The highest BCUT2D eigenvalue weighted by Crippen LogP contribution is 2.29. The van der Waals surface area contributed by atoms with E-state index in [1.54, 1.807) is 33.5 Å². The van der Waals surface area contributed by atoms with E-state index in [2.05, 4.69) is 5.32 Å². The molecule has 0 heterocycles. The van der Waals surface area contributed by atoms with Gasteiger partial charge < -0.3 is 24.6 Å². The van der Waals surface area contributed by atoms with E-state index in [0.29, 0.717) is 24.6 Å². The van der Waals surface area contributed by atoms with Crippen LogP contribution >= 0.6 is 0 Å². The summed E-state index contributed by atoms with van der Waals surface area (Å²) < 4.78 is 15.6. The van der Waals surface area contributed by atoms with Crippen LogP contribution in [0.5, 0.6) is 17.2 Å². The lowest BCUT2D eigenvalue weighted by molar-refractivity contribution is 0.174. The van der Waals surface area contributed by atoms with E-state index in [1.165, 1.54) is 0 Å². The Balaban J connectivity index is 1.92. The van der Waals surface area contributed by atoms with Gasteiger partial charge in [0.1, 0.15) is 5.75 Å². The van der Waals surface area contributed by atoms with Crippen molar-refractivity contribution in [2.75, 3.05) is 27.9 Å². The van der Waals surface area contributed by atoms with Gasteiger partial charge in [-0.2, -0.15) is 0 Å². The molecule has 5 heteroatoms. The number of methoxy groups -OCH3 is 3. The maximum Gasteiger partial charge on any atom is 0.161 e. The van der Waals surface area contributed by atoms with Crippen molar-refractivity contribution in [3.63, 3.8) is 0 Å². The lowest BCUT2D eigenvalue weighted by atomic mass is 10.1. The summed E-state index contributed by atoms with van der Waals surface area (Å²) in [5, 5.41) is 13.5. The minimum absolute atomic E-state index is 0.437. The van der Waals surface area contributed by atoms with Crippen LogP contribution in [0.1, 0.15) is 17.2 Å². The number of ether oxygens (including phenoxy) is 3. The topological polar surface area (TPSA) is 60.0 Å². The van der Waals surface area contributed by atoms with Gasteiger partial charge in [0.15, 0.2) is 11.5 Å². The van der Waals surface area contributed by atoms with Gasteiger partial charge in [-0.25, -0.2) is 0 Å². The largest absolute Gasteiger partial charge is 0.497 e. The number of aliphatic hydroxyl groups is 1. The number of hydrogen-bond donors (Lipinski definition) is 2. The number of nitrogens with one attached hydrogen (secondary N) is 1. The maximum absolute atomic E-state index is 10.3. The first-order valence-electron chi connectivity index (χ1n) is 7.41. The fourth-order valence-corrected chi connectivity index (χ4v) is 2.31. The van der Waals surface area contributed by atoms with Crippen molar-refractivity contribution in [1.82, 2.24) is 5.32 Å². The van der Waals surface area contributed by atoms with Crippen LogP contribution in [-0.4, -0.2) is 33.0 Å². The highest BCUT2D eigenvalue weighted by atomic mass is 16.5. The average molecular weight is 317 g/mol. The predicted octanol–water partition coefficient (Wildman–Crippen LogP) is 2.54. The number of aliphatic hydroxyl groups excluding tert-OH is 1. The fraction of sp³-hybridized carbons (Fsp3) is 0.333. The van der Waals surface area contributed by atoms with Crippen LogP contribution in [0.15, 0.2) is 42.5 Å². The van der Waals surface area contributed by atoms with Crippen molar-refractivity contribution < 1.29 is 19.3 Å². The van der Waals surface area contributed by atoms with Crippen LogP contribution in [0.25, 0.3) is 0 Å². The first-order chi connectivity index (χ1) is 11.2. The lowest BCUT2D eigenvalue weighted by Gasteiger charge is -2.15. The minimum atomic E-state index is -0.625. The number of benzene rings is 2. The zero-order valence-electron chi connectivity index (χ0n) is 13.7. The van der Waals surface area contributed by atoms with E-state index in [9.17, 15) is 5.11 Å². The van der Waals surface area contributed by atoms with E-state index in [4.69, 9.17) is 14.2 Å². The third kappa shape index (κ3) is 4.61. The van der Waals surface area contributed by atoms with Gasteiger partial charge in [-0.3, -0.25) is 0 Å². The molecule has 0 aliphatic carbocycles. The third-order valence-corrected chi connectivity index (χ3v) is 3.59. The summed E-state index contributed by atoms with van der Waals surface area (Å²) in [4.78, 5) is 0. The summed E-state index contributed by atoms with van der Waals surface area (Å²) in [5.74, 6) is 2.08. The van der Waals surface area contributed by atoms with Gasteiger partial charge in [-0.15, -0.1) is 0 Å². The Kier molecular flexibility index (Phi) is 6.26. The van der Waals surface area contributed by atoms with Crippen molar-refractivity contribution >= 4 is 0 Å². The molecule has 0 bridgehead atoms. The second kappa shape index (κ2) is 8.41. The van der Waals surface area contributed by atoms with Crippen molar-refractivity contribution in [2.45, 2.75) is 12.6 Å². The molecule has 0 saturated heterocycles. The molecule has 2 rings (SSSR count). The summed E-state index contributed by atoms with van der Waals surface area (Å²) in [6.07, 6.45) is -0.625. The molecular weight excluding hydrogens is 294 g/mol. The molecule has 1 atom stereocenters. The van der Waals surface area contributed by atoms with Gasteiger partial charge in [0, 0.05) is 13.1 Å². The second-order valence-corrected chi connectivity index (χ2v) is 5.11. The first kappa shape index (κ1) is 17.1. The van der Waals surface area contributed by atoms with E-state index in [0.717, 1.165) is 16.9 Å². The van der Waals surface area contributed by atoms with Crippen LogP contribution < -0.4 is 19.5 Å². The molecule has 5 nitrogen and oxygen atoms in total. The Morgan fingerprint density at radius 1 is 0.957 bits per heavy atom. The Labute approximate surface area is 136 Å². The van der Waals surface area contributed by atoms with Crippen molar-refractivity contribution in [2.24, 2.45) is 0 Å². The zero-order valence-corrected chi connectivity index (χ0v) is 13.7. The summed E-state index contributed by atoms with van der Waals surface area (Å²) in [6, 6.07) is 13.2. The van der Waals surface area contributed by atoms with Crippen LogP contribution in [0, 0.1) is 0 Å². The maximum atomic E-state index is 10.3. The van der Waals surface area contributed by atoms with E-state index < -0.39 is 6.10 Å². The molecular formula is C18H23NO4. The third-order valence-electron chi connectivity index (χ3n) is 3.59. The standard InChI is InChI=1S/C18H23NO4/c1-21-15-6-4-5-13(9-15)11-19-12-16(20)14-7-8-17(22-2)18(10-14)23-3/h4-10,16,19-20H,11-12H2,1-3H3. The highest BCUT2D eigenvalue weighted by molar-refractivity contribution is 5.43. The summed E-state index contributed by atoms with van der Waals surface area (Å²) in [6.45, 7) is 1.09. The molecule has 124 valence electrons. The summed E-state index contributed by atoms with van der Waals surface area (Å²) in [7, 11) is 4.81. The normalized spacial score (nSPS) is 11.8. The summed E-state index contributed by atoms with van der Waals surface area (Å²) >= 11 is 0. The smallest absolute Gasteiger partial charge is 0.161 e. The first-order valence-corrected chi connectivity index (χ1v) is 7.41. The molecule has 0 radical (unpaired) electrons. The lowest BCUT2D eigenvalue weighted by Crippen LogP contribution is -2.21. The zero-order chi connectivity index (χ0) is 16.7. The van der Waals surface area contributed by atoms with Gasteiger partial charge in [-0.05, 0) is 35.4 Å². The van der Waals surface area contributed by atoms with Crippen LogP contribution in [0.3, 0.4) is 0 Å². The molecule has 0 aliphatic heterocycles. The number of hydrogen-bond acceptors (Lipinski definition) is 5. The molecule has 0 spiro atoms. The quantitative estimate of drug-likeness (QED) is 0.783. The monoisotopic (exact) mass is 317 g/mol. The summed E-state index contributed by atoms with van der Waals surface area (Å²) in [5.41, 5.74) is 1.88. The van der Waals surface area contributed by atoms with Crippen molar-refractivity contribution in [1.29, 1.82) is 0 Å². The Morgan fingerprint density at radius 3 is 2.43 bits per heavy atom. The Morgan fingerprint density at radius 2 is 1.74 bits per heavy atom. The average Bonchev–Trinajstić information content (AvgIpc) is 2.61. The highest BCUT2D eigenvalue weighted by Gasteiger charge is 2.11. The molecule has 2 aromatic rings. The molecule has 2 N–H and O–H groups in total. The van der Waals surface area contributed by atoms with E-state index in [1.807, 2.05) is 30.3 Å². The van der Waals surface area contributed by atoms with Gasteiger partial charge in [-0.1, -0.05) is 18.2 Å². The van der Waals surface area contributed by atoms with Gasteiger partial charge >= 0.3 is 0 Å². The molecule has 0 aliphatic rings. The molecule has 2 aromatic carbocycles. The molecule has 0 saturated carbocycles. The fourth-order valence-electron chi connectivity index (χ4n) is 2.31. The molecule has 0 amide bonds. The predicted molar refractivity (Wildman–Crippen MR) is 89.2 cm³/mol. The van der Waals surface area contributed by atoms with Gasteiger partial charge in [0.2, 0.25) is 0 Å². The number of rotatable bonds is 8. The van der Waals surface area contributed by atoms with Crippen LogP contribution in [0.2, 0.25) is 0 Å². The van der Waals surface area contributed by atoms with Crippen molar-refractivity contribution in [3.8, 4) is 17.2 Å².